The molecule has 27 heavy (non-hydrogen) atoms. The molecule has 3 aromatic carbocycles. The molecule has 1 aliphatic carbocycles. The minimum atomic E-state index is -2.03. The first-order valence-electron chi connectivity index (χ1n) is 10.5. The van der Waals surface area contributed by atoms with Crippen LogP contribution in [-0.4, -0.2) is 6.16 Å². The molecule has 0 N–H and O–H groups in total. The van der Waals surface area contributed by atoms with Crippen molar-refractivity contribution in [1.82, 2.24) is 0 Å². The topological polar surface area (TPSA) is 0 Å². The molecule has 0 saturated heterocycles. The Balaban J connectivity index is 1.86. The maximum absolute atomic E-state index is 2.42. The van der Waals surface area contributed by atoms with Crippen LogP contribution in [0.4, 0.5) is 0 Å². The average Bonchev–Trinajstić information content (AvgIpc) is 2.75. The summed E-state index contributed by atoms with van der Waals surface area (Å²) < 4.78 is 0. The van der Waals surface area contributed by atoms with Crippen LogP contribution in [0.3, 0.4) is 0 Å². The first kappa shape index (κ1) is 18.5. The predicted molar refractivity (Wildman–Crippen MR) is 123 cm³/mol. The molecule has 0 nitrogen and oxygen atoms in total. The van der Waals surface area contributed by atoms with Gasteiger partial charge in [0.05, 0.1) is 0 Å². The van der Waals surface area contributed by atoms with E-state index in [0.29, 0.717) is 0 Å². The van der Waals surface area contributed by atoms with Crippen LogP contribution >= 0.6 is 7.26 Å². The van der Waals surface area contributed by atoms with Gasteiger partial charge in [0, 0.05) is 0 Å². The molecule has 0 heterocycles. The van der Waals surface area contributed by atoms with Crippen molar-refractivity contribution in [3.05, 3.63) is 91.0 Å². The summed E-state index contributed by atoms with van der Waals surface area (Å²) in [5, 5.41) is 4.67. The van der Waals surface area contributed by atoms with Crippen molar-refractivity contribution in [3.8, 4) is 0 Å². The molecule has 0 atom stereocenters. The van der Waals surface area contributed by atoms with Gasteiger partial charge in [0.25, 0.3) is 0 Å². The van der Waals surface area contributed by atoms with Gasteiger partial charge in [-0.1, -0.05) is 0 Å². The molecule has 1 aliphatic rings. The van der Waals surface area contributed by atoms with Crippen molar-refractivity contribution in [2.24, 2.45) is 11.8 Å². The van der Waals surface area contributed by atoms with Crippen LogP contribution < -0.4 is 15.9 Å². The Labute approximate surface area is 165 Å². The number of hydrogen-bond donors (Lipinski definition) is 0. The predicted octanol–water partition coefficient (Wildman–Crippen LogP) is 5.54. The van der Waals surface area contributed by atoms with Gasteiger partial charge in [0.15, 0.2) is 0 Å². The van der Waals surface area contributed by atoms with E-state index in [-0.39, 0.29) is 0 Å². The standard InChI is InChI=1S/C26H31P/c1-22-17-19-23(20-18-22)21-27(24-11-5-2-6-12-24,25-13-7-3-8-14-25)26-15-9-4-10-16-26/h2-16,22-23,27H,17-21H2,1H3. The summed E-state index contributed by atoms with van der Waals surface area (Å²) in [4.78, 5) is 0. The van der Waals surface area contributed by atoms with Gasteiger partial charge >= 0.3 is 165 Å². The van der Waals surface area contributed by atoms with E-state index >= 15 is 0 Å². The molecular formula is C26H31P. The van der Waals surface area contributed by atoms with Crippen molar-refractivity contribution < 1.29 is 0 Å². The Morgan fingerprint density at radius 3 is 1.33 bits per heavy atom. The molecule has 0 spiro atoms. The summed E-state index contributed by atoms with van der Waals surface area (Å²) in [5.41, 5.74) is 0. The summed E-state index contributed by atoms with van der Waals surface area (Å²) in [6, 6.07) is 34.1. The zero-order chi connectivity index (χ0) is 18.5. The number of hydrogen-bond acceptors (Lipinski definition) is 0. The van der Waals surface area contributed by atoms with Crippen molar-refractivity contribution >= 4 is 23.2 Å². The Morgan fingerprint density at radius 1 is 0.593 bits per heavy atom. The molecule has 140 valence electrons. The maximum atomic E-state index is 2.42. The van der Waals surface area contributed by atoms with Gasteiger partial charge in [-0.15, -0.1) is 0 Å². The van der Waals surface area contributed by atoms with E-state index in [0.717, 1.165) is 11.8 Å². The van der Waals surface area contributed by atoms with Gasteiger partial charge in [0.2, 0.25) is 0 Å². The van der Waals surface area contributed by atoms with Crippen LogP contribution in [0.2, 0.25) is 0 Å². The molecule has 0 amide bonds. The van der Waals surface area contributed by atoms with Gasteiger partial charge in [-0.05, 0) is 0 Å². The van der Waals surface area contributed by atoms with Crippen molar-refractivity contribution in [2.45, 2.75) is 32.6 Å². The van der Waals surface area contributed by atoms with Gasteiger partial charge in [0.1, 0.15) is 0 Å². The Hall–Kier alpha value is -1.91. The van der Waals surface area contributed by atoms with Gasteiger partial charge in [-0.25, -0.2) is 0 Å². The van der Waals surface area contributed by atoms with Crippen LogP contribution in [0.15, 0.2) is 91.0 Å². The fourth-order valence-electron chi connectivity index (χ4n) is 4.99. The first-order chi connectivity index (χ1) is 13.3. The van der Waals surface area contributed by atoms with E-state index in [2.05, 4.69) is 97.9 Å². The summed E-state index contributed by atoms with van der Waals surface area (Å²) >= 11 is 0. The summed E-state index contributed by atoms with van der Waals surface area (Å²) in [6.07, 6.45) is 6.91. The second-order valence-electron chi connectivity index (χ2n) is 8.33. The molecule has 0 bridgehead atoms. The molecule has 0 unspecified atom stereocenters. The molecular weight excluding hydrogens is 343 g/mol. The zero-order valence-corrected chi connectivity index (χ0v) is 17.4. The summed E-state index contributed by atoms with van der Waals surface area (Å²) in [7, 11) is -2.03. The monoisotopic (exact) mass is 374 g/mol. The second-order valence-corrected chi connectivity index (χ2v) is 12.3. The van der Waals surface area contributed by atoms with Gasteiger partial charge < -0.3 is 0 Å². The minimum absolute atomic E-state index is 0.841. The summed E-state index contributed by atoms with van der Waals surface area (Å²) in [6.45, 7) is 2.42. The Morgan fingerprint density at radius 2 is 0.963 bits per heavy atom. The molecule has 1 saturated carbocycles. The first-order valence-corrected chi connectivity index (χ1v) is 12.7. The van der Waals surface area contributed by atoms with E-state index in [4.69, 9.17) is 0 Å². The average molecular weight is 375 g/mol. The van der Waals surface area contributed by atoms with Gasteiger partial charge in [-0.2, -0.15) is 0 Å². The third kappa shape index (κ3) is 3.87. The molecule has 0 radical (unpaired) electrons. The van der Waals surface area contributed by atoms with Crippen molar-refractivity contribution in [2.75, 3.05) is 6.16 Å². The normalized spacial score (nSPS) is 20.9. The van der Waals surface area contributed by atoms with E-state index in [1.54, 1.807) is 15.9 Å². The Bertz CT molecular complexity index is 721. The van der Waals surface area contributed by atoms with Crippen molar-refractivity contribution in [3.63, 3.8) is 0 Å². The van der Waals surface area contributed by atoms with Gasteiger partial charge in [-0.3, -0.25) is 0 Å². The van der Waals surface area contributed by atoms with E-state index in [9.17, 15) is 0 Å². The fraction of sp³-hybridized carbons (Fsp3) is 0.308. The summed E-state index contributed by atoms with van der Waals surface area (Å²) in [5.74, 6) is 1.75. The van der Waals surface area contributed by atoms with Crippen LogP contribution in [-0.2, 0) is 0 Å². The third-order valence-electron chi connectivity index (χ3n) is 6.53. The van der Waals surface area contributed by atoms with Crippen LogP contribution in [0.1, 0.15) is 32.6 Å². The number of benzene rings is 3. The van der Waals surface area contributed by atoms with E-state index in [1.165, 1.54) is 31.8 Å². The molecule has 4 rings (SSSR count). The molecule has 1 fully saturated rings. The van der Waals surface area contributed by atoms with Crippen LogP contribution in [0.5, 0.6) is 0 Å². The molecule has 1 heteroatoms. The molecule has 3 aromatic rings. The van der Waals surface area contributed by atoms with E-state index < -0.39 is 7.26 Å². The Kier molecular flexibility index (Phi) is 5.74. The van der Waals surface area contributed by atoms with E-state index in [1.807, 2.05) is 0 Å². The second kappa shape index (κ2) is 8.41. The fourth-order valence-corrected chi connectivity index (χ4v) is 10.3. The van der Waals surface area contributed by atoms with Crippen LogP contribution in [0, 0.1) is 11.8 Å². The third-order valence-corrected chi connectivity index (χ3v) is 11.7. The molecule has 0 aromatic heterocycles. The SMILES string of the molecule is CC1CCC(C[PH](c2ccccc2)(c2ccccc2)c2ccccc2)CC1. The quantitative estimate of drug-likeness (QED) is 0.515. The van der Waals surface area contributed by atoms with Crippen LogP contribution in [0.25, 0.3) is 0 Å². The zero-order valence-electron chi connectivity index (χ0n) is 16.4. The molecule has 0 aliphatic heterocycles. The van der Waals surface area contributed by atoms with Crippen molar-refractivity contribution in [1.29, 1.82) is 0 Å². The number of rotatable bonds is 5.